The minimum Gasteiger partial charge on any atom is -0.352 e. The molecule has 3 atom stereocenters. The minimum atomic E-state index is -0.349. The summed E-state index contributed by atoms with van der Waals surface area (Å²) in [7, 11) is 1.73. The molecule has 1 aliphatic rings. The van der Waals surface area contributed by atoms with Gasteiger partial charge >= 0.3 is 0 Å². The summed E-state index contributed by atoms with van der Waals surface area (Å²) in [4.78, 5) is 25.9. The summed E-state index contributed by atoms with van der Waals surface area (Å²) in [6.07, 6.45) is 3.38. The lowest BCUT2D eigenvalue weighted by Crippen LogP contribution is -2.47. The molecule has 0 aliphatic heterocycles. The van der Waals surface area contributed by atoms with Crippen molar-refractivity contribution in [3.63, 3.8) is 0 Å². The van der Waals surface area contributed by atoms with Crippen LogP contribution < -0.4 is 10.6 Å². The monoisotopic (exact) mass is 349 g/mol. The number of amides is 2. The Kier molecular flexibility index (Phi) is 6.93. The van der Waals surface area contributed by atoms with Crippen molar-refractivity contribution in [2.45, 2.75) is 39.2 Å². The van der Waals surface area contributed by atoms with Gasteiger partial charge in [0, 0.05) is 11.7 Å². The van der Waals surface area contributed by atoms with E-state index in [0.717, 1.165) is 12.8 Å². The molecule has 0 unspecified atom stereocenters. The normalized spacial score (nSPS) is 23.3. The molecule has 0 heterocycles. The topological polar surface area (TPSA) is 61.4 Å². The van der Waals surface area contributed by atoms with Crippen molar-refractivity contribution in [1.82, 2.24) is 10.2 Å². The van der Waals surface area contributed by atoms with Gasteiger partial charge in [-0.05, 0) is 49.6 Å². The van der Waals surface area contributed by atoms with Gasteiger partial charge in [-0.15, -0.1) is 0 Å². The predicted octanol–water partition coefficient (Wildman–Crippen LogP) is 2.64. The zero-order valence-electron chi connectivity index (χ0n) is 15.2. The quantitative estimate of drug-likeness (QED) is 0.830. The number of likely N-dealkylation sites (N-methyl/N-ethyl adjacent to an activating group) is 1. The lowest BCUT2D eigenvalue weighted by molar-refractivity contribution is -0.124. The maximum Gasteiger partial charge on any atom is 0.238 e. The Bertz CT molecular complexity index is 591. The Morgan fingerprint density at radius 3 is 2.44 bits per heavy atom. The van der Waals surface area contributed by atoms with Gasteiger partial charge in [0.2, 0.25) is 11.8 Å². The van der Waals surface area contributed by atoms with Gasteiger partial charge < -0.3 is 10.6 Å². The molecule has 2 amide bonds. The van der Waals surface area contributed by atoms with Gasteiger partial charge in [-0.1, -0.05) is 26.7 Å². The number of nitrogens with one attached hydrogen (secondary N) is 2. The molecule has 5 nitrogen and oxygen atoms in total. The third kappa shape index (κ3) is 6.12. The van der Waals surface area contributed by atoms with E-state index in [1.54, 1.807) is 11.9 Å². The Labute approximate surface area is 149 Å². The zero-order valence-corrected chi connectivity index (χ0v) is 15.2. The van der Waals surface area contributed by atoms with Crippen LogP contribution in [0, 0.1) is 17.7 Å². The van der Waals surface area contributed by atoms with Crippen molar-refractivity contribution in [3.8, 4) is 0 Å². The van der Waals surface area contributed by atoms with Gasteiger partial charge in [0.15, 0.2) is 0 Å². The minimum absolute atomic E-state index is 0.0527. The van der Waals surface area contributed by atoms with Gasteiger partial charge in [0.25, 0.3) is 0 Å². The van der Waals surface area contributed by atoms with Gasteiger partial charge in [0.1, 0.15) is 5.82 Å². The SMILES string of the molecule is C[C@H]1[C@H](C)CCC[C@H]1NC(=O)CN(C)CC(=O)Nc1ccc(F)cc1. The van der Waals surface area contributed by atoms with Crippen LogP contribution in [0.4, 0.5) is 10.1 Å². The summed E-state index contributed by atoms with van der Waals surface area (Å²) in [6.45, 7) is 4.69. The second-order valence-corrected chi connectivity index (χ2v) is 7.17. The lowest BCUT2D eigenvalue weighted by Gasteiger charge is -2.34. The van der Waals surface area contributed by atoms with Crippen LogP contribution in [0.5, 0.6) is 0 Å². The Morgan fingerprint density at radius 2 is 1.76 bits per heavy atom. The van der Waals surface area contributed by atoms with E-state index < -0.39 is 0 Å². The molecule has 1 aliphatic carbocycles. The number of rotatable bonds is 6. The summed E-state index contributed by atoms with van der Waals surface area (Å²) in [5, 5.41) is 5.79. The third-order valence-corrected chi connectivity index (χ3v) is 5.01. The lowest BCUT2D eigenvalue weighted by atomic mass is 9.78. The zero-order chi connectivity index (χ0) is 18.4. The van der Waals surface area contributed by atoms with Crippen molar-refractivity contribution in [1.29, 1.82) is 0 Å². The number of anilines is 1. The van der Waals surface area contributed by atoms with Gasteiger partial charge in [-0.3, -0.25) is 14.5 Å². The number of hydrogen-bond donors (Lipinski definition) is 2. The molecule has 1 aromatic carbocycles. The fourth-order valence-corrected chi connectivity index (χ4v) is 3.32. The number of benzene rings is 1. The van der Waals surface area contributed by atoms with E-state index >= 15 is 0 Å². The standard InChI is InChI=1S/C19H28FN3O2/c1-13-5-4-6-17(14(13)2)22-19(25)12-23(3)11-18(24)21-16-9-7-15(20)8-10-16/h7-10,13-14,17H,4-6,11-12H2,1-3H3,(H,21,24)(H,22,25)/t13-,14+,17-/m1/s1. The Hall–Kier alpha value is -1.95. The Morgan fingerprint density at radius 1 is 1.12 bits per heavy atom. The van der Waals surface area contributed by atoms with Crippen LogP contribution in [0.1, 0.15) is 33.1 Å². The molecule has 0 saturated heterocycles. The van der Waals surface area contributed by atoms with E-state index in [4.69, 9.17) is 0 Å². The molecule has 0 aromatic heterocycles. The molecule has 1 aromatic rings. The average Bonchev–Trinajstić information content (AvgIpc) is 2.53. The highest BCUT2D eigenvalue weighted by atomic mass is 19.1. The highest BCUT2D eigenvalue weighted by molar-refractivity contribution is 5.92. The van der Waals surface area contributed by atoms with Crippen molar-refractivity contribution >= 4 is 17.5 Å². The van der Waals surface area contributed by atoms with E-state index in [2.05, 4.69) is 24.5 Å². The van der Waals surface area contributed by atoms with Crippen LogP contribution >= 0.6 is 0 Å². The second-order valence-electron chi connectivity index (χ2n) is 7.17. The number of carbonyl (C=O) groups excluding carboxylic acids is 2. The number of halogens is 1. The smallest absolute Gasteiger partial charge is 0.238 e. The maximum absolute atomic E-state index is 12.9. The molecule has 6 heteroatoms. The molecule has 138 valence electrons. The maximum atomic E-state index is 12.9. The van der Waals surface area contributed by atoms with E-state index in [-0.39, 0.29) is 36.8 Å². The summed E-state index contributed by atoms with van der Waals surface area (Å²) in [5.74, 6) is 0.464. The molecule has 2 rings (SSSR count). The largest absolute Gasteiger partial charge is 0.352 e. The first-order chi connectivity index (χ1) is 11.8. The summed E-state index contributed by atoms with van der Waals surface area (Å²) in [6, 6.07) is 5.81. The predicted molar refractivity (Wildman–Crippen MR) is 96.6 cm³/mol. The van der Waals surface area contributed by atoms with Crippen LogP contribution in [0.25, 0.3) is 0 Å². The van der Waals surface area contributed by atoms with E-state index in [0.29, 0.717) is 17.5 Å². The van der Waals surface area contributed by atoms with Crippen molar-refractivity contribution in [2.75, 3.05) is 25.5 Å². The fourth-order valence-electron chi connectivity index (χ4n) is 3.32. The number of nitrogens with zero attached hydrogens (tertiary/aromatic N) is 1. The fraction of sp³-hybridized carbons (Fsp3) is 0.579. The summed E-state index contributed by atoms with van der Waals surface area (Å²) < 4.78 is 12.9. The van der Waals surface area contributed by atoms with Crippen molar-refractivity contribution < 1.29 is 14.0 Å². The number of carbonyl (C=O) groups is 2. The van der Waals surface area contributed by atoms with Crippen LogP contribution in [-0.2, 0) is 9.59 Å². The number of hydrogen-bond acceptors (Lipinski definition) is 3. The molecular formula is C19H28FN3O2. The molecule has 25 heavy (non-hydrogen) atoms. The molecule has 0 bridgehead atoms. The van der Waals surface area contributed by atoms with E-state index in [1.807, 2.05) is 0 Å². The van der Waals surface area contributed by atoms with E-state index in [1.165, 1.54) is 30.7 Å². The van der Waals surface area contributed by atoms with Crippen LogP contribution in [-0.4, -0.2) is 42.9 Å². The van der Waals surface area contributed by atoms with E-state index in [9.17, 15) is 14.0 Å². The summed E-state index contributed by atoms with van der Waals surface area (Å²) in [5.41, 5.74) is 0.536. The van der Waals surface area contributed by atoms with Crippen molar-refractivity contribution in [3.05, 3.63) is 30.1 Å². The van der Waals surface area contributed by atoms with Gasteiger partial charge in [-0.25, -0.2) is 4.39 Å². The van der Waals surface area contributed by atoms with Gasteiger partial charge in [-0.2, -0.15) is 0 Å². The van der Waals surface area contributed by atoms with Crippen LogP contribution in [0.3, 0.4) is 0 Å². The average molecular weight is 349 g/mol. The molecular weight excluding hydrogens is 321 g/mol. The first kappa shape index (κ1) is 19.4. The van der Waals surface area contributed by atoms with Crippen LogP contribution in [0.2, 0.25) is 0 Å². The highest BCUT2D eigenvalue weighted by Gasteiger charge is 2.28. The molecule has 1 fully saturated rings. The van der Waals surface area contributed by atoms with Crippen LogP contribution in [0.15, 0.2) is 24.3 Å². The first-order valence-electron chi connectivity index (χ1n) is 8.88. The Balaban J connectivity index is 1.75. The third-order valence-electron chi connectivity index (χ3n) is 5.01. The molecule has 2 N–H and O–H groups in total. The second kappa shape index (κ2) is 8.94. The van der Waals surface area contributed by atoms with Crippen molar-refractivity contribution in [2.24, 2.45) is 11.8 Å². The summed E-state index contributed by atoms with van der Waals surface area (Å²) >= 11 is 0. The highest BCUT2D eigenvalue weighted by Crippen LogP contribution is 2.29. The molecule has 0 radical (unpaired) electrons. The van der Waals surface area contributed by atoms with Gasteiger partial charge in [0.05, 0.1) is 13.1 Å². The molecule has 1 saturated carbocycles. The molecule has 0 spiro atoms. The first-order valence-corrected chi connectivity index (χ1v) is 8.88.